The van der Waals surface area contributed by atoms with Crippen molar-refractivity contribution in [3.05, 3.63) is 54.7 Å². The molecule has 0 unspecified atom stereocenters. The van der Waals surface area contributed by atoms with Crippen LogP contribution in [0.3, 0.4) is 0 Å². The number of nitrogens with zero attached hydrogens (tertiary/aromatic N) is 3. The number of benzene rings is 2. The first-order chi connectivity index (χ1) is 15.3. The lowest BCUT2D eigenvalue weighted by molar-refractivity contribution is 0.173. The Morgan fingerprint density at radius 1 is 0.742 bits per heavy atom. The first-order valence-corrected chi connectivity index (χ1v) is 9.53. The zero-order chi connectivity index (χ0) is 20.6. The number of anilines is 4. The SMILES string of the molecule is c1cnc(Nc2ccc3c(c2)OCO3)c(-c2nnc(Nc3ccc4c(c3)OCO4)[nH]2)c1. The predicted octanol–water partition coefficient (Wildman–Crippen LogP) is 3.81. The molecule has 0 fully saturated rings. The van der Waals surface area contributed by atoms with Gasteiger partial charge in [0.2, 0.25) is 19.5 Å². The van der Waals surface area contributed by atoms with E-state index in [0.29, 0.717) is 29.1 Å². The number of ether oxygens (including phenoxy) is 4. The highest BCUT2D eigenvalue weighted by Gasteiger charge is 2.17. The van der Waals surface area contributed by atoms with E-state index in [-0.39, 0.29) is 13.6 Å². The number of H-pyrrole nitrogens is 1. The highest BCUT2D eigenvalue weighted by molar-refractivity contribution is 5.75. The van der Waals surface area contributed by atoms with E-state index >= 15 is 0 Å². The molecule has 10 heteroatoms. The highest BCUT2D eigenvalue weighted by Crippen LogP contribution is 2.37. The molecule has 4 heterocycles. The van der Waals surface area contributed by atoms with Crippen molar-refractivity contribution in [1.82, 2.24) is 20.2 Å². The van der Waals surface area contributed by atoms with Gasteiger partial charge in [0.1, 0.15) is 5.82 Å². The average molecular weight is 416 g/mol. The molecule has 2 aliphatic rings. The second kappa shape index (κ2) is 7.10. The van der Waals surface area contributed by atoms with Crippen LogP contribution in [-0.2, 0) is 0 Å². The molecule has 6 rings (SSSR count). The normalized spacial score (nSPS) is 13.3. The largest absolute Gasteiger partial charge is 0.454 e. The third kappa shape index (κ3) is 3.29. The monoisotopic (exact) mass is 416 g/mol. The summed E-state index contributed by atoms with van der Waals surface area (Å²) in [4.78, 5) is 7.64. The zero-order valence-electron chi connectivity index (χ0n) is 16.1. The van der Waals surface area contributed by atoms with Crippen molar-refractivity contribution in [2.75, 3.05) is 24.2 Å². The standard InChI is InChI=1S/C21H16N6O4/c1-2-14(19(22-7-1)23-12-3-5-15-17(8-12)30-10-28-15)20-25-21(27-26-20)24-13-4-6-16-18(9-13)31-11-29-16/h1-9H,10-11H2,(H,22,23)(H2,24,25,26,27). The van der Waals surface area contributed by atoms with Crippen LogP contribution in [0.15, 0.2) is 54.7 Å². The smallest absolute Gasteiger partial charge is 0.231 e. The molecule has 4 aromatic rings. The van der Waals surface area contributed by atoms with E-state index < -0.39 is 0 Å². The van der Waals surface area contributed by atoms with Crippen LogP contribution in [0.2, 0.25) is 0 Å². The lowest BCUT2D eigenvalue weighted by atomic mass is 10.2. The summed E-state index contributed by atoms with van der Waals surface area (Å²) in [6.07, 6.45) is 1.71. The second-order valence-corrected chi connectivity index (χ2v) is 6.81. The summed E-state index contributed by atoms with van der Waals surface area (Å²) in [6, 6.07) is 15.0. The number of aromatic nitrogens is 4. The summed E-state index contributed by atoms with van der Waals surface area (Å²) in [7, 11) is 0. The molecule has 2 aromatic heterocycles. The molecule has 0 amide bonds. The third-order valence-electron chi connectivity index (χ3n) is 4.82. The first kappa shape index (κ1) is 17.4. The highest BCUT2D eigenvalue weighted by atomic mass is 16.7. The zero-order valence-corrected chi connectivity index (χ0v) is 16.1. The summed E-state index contributed by atoms with van der Waals surface area (Å²) in [5.74, 6) is 4.52. The quantitative estimate of drug-likeness (QED) is 0.447. The fraction of sp³-hybridized carbons (Fsp3) is 0.0952. The molecular weight excluding hydrogens is 400 g/mol. The number of fused-ring (bicyclic) bond motifs is 2. The Kier molecular flexibility index (Phi) is 3.98. The van der Waals surface area contributed by atoms with E-state index in [2.05, 4.69) is 30.8 Å². The van der Waals surface area contributed by atoms with Gasteiger partial charge in [-0.15, -0.1) is 10.2 Å². The lowest BCUT2D eigenvalue weighted by Crippen LogP contribution is -1.97. The first-order valence-electron chi connectivity index (χ1n) is 9.53. The topological polar surface area (TPSA) is 115 Å². The van der Waals surface area contributed by atoms with Gasteiger partial charge in [0.25, 0.3) is 0 Å². The maximum absolute atomic E-state index is 5.44. The Morgan fingerprint density at radius 3 is 2.16 bits per heavy atom. The van der Waals surface area contributed by atoms with Gasteiger partial charge >= 0.3 is 0 Å². The van der Waals surface area contributed by atoms with Gasteiger partial charge in [-0.3, -0.25) is 0 Å². The molecule has 0 atom stereocenters. The molecule has 3 N–H and O–H groups in total. The van der Waals surface area contributed by atoms with E-state index in [0.717, 1.165) is 28.4 Å². The van der Waals surface area contributed by atoms with Crippen molar-refractivity contribution >= 4 is 23.1 Å². The molecule has 0 bridgehead atoms. The number of rotatable bonds is 5. The molecule has 0 aliphatic carbocycles. The molecule has 10 nitrogen and oxygen atoms in total. The van der Waals surface area contributed by atoms with Crippen LogP contribution in [0.4, 0.5) is 23.1 Å². The van der Waals surface area contributed by atoms with Crippen molar-refractivity contribution in [2.45, 2.75) is 0 Å². The summed E-state index contributed by atoms with van der Waals surface area (Å²) >= 11 is 0. The Morgan fingerprint density at radius 2 is 1.42 bits per heavy atom. The Bertz CT molecular complexity index is 1270. The number of hydrogen-bond donors (Lipinski definition) is 3. The summed E-state index contributed by atoms with van der Waals surface area (Å²) in [5.41, 5.74) is 2.39. The molecule has 2 aliphatic heterocycles. The molecule has 0 radical (unpaired) electrons. The van der Waals surface area contributed by atoms with Crippen molar-refractivity contribution in [3.63, 3.8) is 0 Å². The van der Waals surface area contributed by atoms with Crippen molar-refractivity contribution < 1.29 is 18.9 Å². The maximum atomic E-state index is 5.44. The van der Waals surface area contributed by atoms with Crippen LogP contribution >= 0.6 is 0 Å². The third-order valence-corrected chi connectivity index (χ3v) is 4.82. The summed E-state index contributed by atoms with van der Waals surface area (Å²) in [6.45, 7) is 0.455. The maximum Gasteiger partial charge on any atom is 0.231 e. The van der Waals surface area contributed by atoms with Gasteiger partial charge < -0.3 is 34.6 Å². The fourth-order valence-electron chi connectivity index (χ4n) is 3.36. The number of hydrogen-bond acceptors (Lipinski definition) is 9. The minimum absolute atomic E-state index is 0.227. The second-order valence-electron chi connectivity index (χ2n) is 6.81. The molecule has 0 saturated carbocycles. The predicted molar refractivity (Wildman–Crippen MR) is 111 cm³/mol. The minimum Gasteiger partial charge on any atom is -0.454 e. The number of pyridine rings is 1. The van der Waals surface area contributed by atoms with Crippen LogP contribution < -0.4 is 29.6 Å². The average Bonchev–Trinajstić information content (AvgIpc) is 3.54. The van der Waals surface area contributed by atoms with Crippen molar-refractivity contribution in [1.29, 1.82) is 0 Å². The van der Waals surface area contributed by atoms with Crippen LogP contribution in [0.5, 0.6) is 23.0 Å². The molecule has 31 heavy (non-hydrogen) atoms. The van der Waals surface area contributed by atoms with Gasteiger partial charge in [-0.2, -0.15) is 0 Å². The van der Waals surface area contributed by atoms with Gasteiger partial charge in [-0.1, -0.05) is 0 Å². The van der Waals surface area contributed by atoms with Crippen molar-refractivity contribution in [2.24, 2.45) is 0 Å². The summed E-state index contributed by atoms with van der Waals surface area (Å²) in [5, 5.41) is 15.0. The van der Waals surface area contributed by atoms with E-state index in [9.17, 15) is 0 Å². The minimum atomic E-state index is 0.227. The van der Waals surface area contributed by atoms with Gasteiger partial charge in [-0.05, 0) is 36.4 Å². The van der Waals surface area contributed by atoms with Crippen LogP contribution in [-0.4, -0.2) is 33.8 Å². The Labute approximate surface area is 176 Å². The van der Waals surface area contributed by atoms with Crippen LogP contribution in [0.25, 0.3) is 11.4 Å². The number of aromatic amines is 1. The van der Waals surface area contributed by atoms with E-state index in [1.165, 1.54) is 0 Å². The summed E-state index contributed by atoms with van der Waals surface area (Å²) < 4.78 is 21.6. The Balaban J connectivity index is 1.25. The van der Waals surface area contributed by atoms with Crippen LogP contribution in [0.1, 0.15) is 0 Å². The molecule has 0 spiro atoms. The van der Waals surface area contributed by atoms with E-state index in [1.54, 1.807) is 6.20 Å². The fourth-order valence-corrected chi connectivity index (χ4v) is 3.36. The van der Waals surface area contributed by atoms with Gasteiger partial charge in [0, 0.05) is 29.7 Å². The molecule has 2 aromatic carbocycles. The van der Waals surface area contributed by atoms with Crippen molar-refractivity contribution in [3.8, 4) is 34.4 Å². The van der Waals surface area contributed by atoms with Gasteiger partial charge in [0.15, 0.2) is 28.8 Å². The van der Waals surface area contributed by atoms with Crippen LogP contribution in [0, 0.1) is 0 Å². The van der Waals surface area contributed by atoms with Gasteiger partial charge in [-0.25, -0.2) is 4.98 Å². The lowest BCUT2D eigenvalue weighted by Gasteiger charge is -2.09. The Hall–Kier alpha value is -4.47. The molecular formula is C21H16N6O4. The molecule has 0 saturated heterocycles. The van der Waals surface area contributed by atoms with Gasteiger partial charge in [0.05, 0.1) is 5.56 Å². The van der Waals surface area contributed by atoms with E-state index in [1.807, 2.05) is 48.5 Å². The van der Waals surface area contributed by atoms with E-state index in [4.69, 9.17) is 18.9 Å². The number of nitrogens with one attached hydrogen (secondary N) is 3. The molecule has 154 valence electrons.